The van der Waals surface area contributed by atoms with Crippen molar-refractivity contribution in [3.05, 3.63) is 69.8 Å². The predicted molar refractivity (Wildman–Crippen MR) is 84.0 cm³/mol. The lowest BCUT2D eigenvalue weighted by atomic mass is 10.1. The number of nitrogens with zero attached hydrogens (tertiary/aromatic N) is 1. The van der Waals surface area contributed by atoms with Gasteiger partial charge in [-0.1, -0.05) is 30.3 Å². The van der Waals surface area contributed by atoms with E-state index in [2.05, 4.69) is 0 Å². The van der Waals surface area contributed by atoms with Crippen molar-refractivity contribution in [2.24, 2.45) is 0 Å². The average Bonchev–Trinajstić information content (AvgIpc) is 2.48. The summed E-state index contributed by atoms with van der Waals surface area (Å²) in [5.74, 6) is 0.766. The van der Waals surface area contributed by atoms with E-state index in [-0.39, 0.29) is 16.4 Å². The quantitative estimate of drug-likeness (QED) is 0.348. The van der Waals surface area contributed by atoms with E-state index < -0.39 is 0 Å². The number of nitro groups is 1. The van der Waals surface area contributed by atoms with E-state index in [0.717, 1.165) is 16.2 Å². The van der Waals surface area contributed by atoms with E-state index in [1.54, 1.807) is 30.0 Å². The van der Waals surface area contributed by atoms with Crippen LogP contribution in [0, 0.1) is 10.1 Å². The summed E-state index contributed by atoms with van der Waals surface area (Å²) >= 11 is 1.59. The molecule has 0 heterocycles. The first-order chi connectivity index (χ1) is 10.1. The van der Waals surface area contributed by atoms with Gasteiger partial charge in [-0.25, -0.2) is 0 Å². The highest BCUT2D eigenvalue weighted by atomic mass is 32.2. The van der Waals surface area contributed by atoms with Gasteiger partial charge in [0.05, 0.1) is 4.92 Å². The zero-order valence-electron chi connectivity index (χ0n) is 11.6. The number of benzene rings is 2. The van der Waals surface area contributed by atoms with Crippen LogP contribution in [-0.4, -0.2) is 16.5 Å². The molecule has 0 N–H and O–H groups in total. The Hall–Kier alpha value is -2.14. The first-order valence-corrected chi connectivity index (χ1v) is 7.52. The normalized spacial score (nSPS) is 10.3. The van der Waals surface area contributed by atoms with Gasteiger partial charge in [-0.05, 0) is 25.5 Å². The molecule has 0 fully saturated rings. The summed E-state index contributed by atoms with van der Waals surface area (Å²) in [6, 6.07) is 14.2. The Morgan fingerprint density at radius 1 is 1.19 bits per heavy atom. The van der Waals surface area contributed by atoms with Gasteiger partial charge in [-0.3, -0.25) is 14.9 Å². The summed E-state index contributed by atoms with van der Waals surface area (Å²) in [7, 11) is 0. The molecule has 0 bridgehead atoms. The predicted octanol–water partition coefficient (Wildman–Crippen LogP) is 4.13. The van der Waals surface area contributed by atoms with Crippen molar-refractivity contribution in [3.63, 3.8) is 0 Å². The minimum atomic E-state index is -0.351. The Labute approximate surface area is 127 Å². The topological polar surface area (TPSA) is 60.2 Å². The number of rotatable bonds is 6. The van der Waals surface area contributed by atoms with Crippen LogP contribution in [0.5, 0.6) is 0 Å². The van der Waals surface area contributed by atoms with Gasteiger partial charge in [-0.15, -0.1) is 11.8 Å². The summed E-state index contributed by atoms with van der Waals surface area (Å²) in [4.78, 5) is 22.9. The molecule has 0 aliphatic carbocycles. The first kappa shape index (κ1) is 15.3. The summed E-state index contributed by atoms with van der Waals surface area (Å²) in [6.07, 6.45) is 0.617. The minimum Gasteiger partial charge on any atom is -0.295 e. The SMILES string of the molecule is CC(=O)c1cccc(SCCc2ccccc2[N+](=O)[O-])c1. The Kier molecular flexibility index (Phi) is 5.11. The number of ketones is 1. The van der Waals surface area contributed by atoms with E-state index in [1.165, 1.54) is 13.0 Å². The molecule has 0 aliphatic heterocycles. The standard InChI is InChI=1S/C16H15NO3S/c1-12(18)14-6-4-7-15(11-14)21-10-9-13-5-2-3-8-16(13)17(19)20/h2-8,11H,9-10H2,1H3. The molecule has 0 saturated carbocycles. The Balaban J connectivity index is 2.00. The molecule has 0 unspecified atom stereocenters. The Morgan fingerprint density at radius 3 is 2.67 bits per heavy atom. The zero-order valence-corrected chi connectivity index (χ0v) is 12.4. The van der Waals surface area contributed by atoms with Crippen molar-refractivity contribution in [2.75, 3.05) is 5.75 Å². The molecule has 2 rings (SSSR count). The number of carbonyl (C=O) groups excluding carboxylic acids is 1. The molecular formula is C16H15NO3S. The molecule has 0 atom stereocenters. The van der Waals surface area contributed by atoms with E-state index in [1.807, 2.05) is 24.3 Å². The zero-order chi connectivity index (χ0) is 15.2. The van der Waals surface area contributed by atoms with Crippen LogP contribution in [0.25, 0.3) is 0 Å². The van der Waals surface area contributed by atoms with Gasteiger partial charge in [0.1, 0.15) is 0 Å². The van der Waals surface area contributed by atoms with Crippen molar-refractivity contribution < 1.29 is 9.72 Å². The maximum absolute atomic E-state index is 11.3. The minimum absolute atomic E-state index is 0.0381. The molecule has 0 amide bonds. The molecule has 0 radical (unpaired) electrons. The summed E-state index contributed by atoms with van der Waals surface area (Å²) in [5, 5.41) is 10.9. The first-order valence-electron chi connectivity index (χ1n) is 6.54. The highest BCUT2D eigenvalue weighted by Crippen LogP contribution is 2.24. The van der Waals surface area contributed by atoms with Crippen LogP contribution in [0.15, 0.2) is 53.4 Å². The molecule has 21 heavy (non-hydrogen) atoms. The van der Waals surface area contributed by atoms with Gasteiger partial charge in [-0.2, -0.15) is 0 Å². The van der Waals surface area contributed by atoms with Crippen molar-refractivity contribution >= 4 is 23.2 Å². The average molecular weight is 301 g/mol. The van der Waals surface area contributed by atoms with E-state index in [4.69, 9.17) is 0 Å². The monoisotopic (exact) mass is 301 g/mol. The number of nitro benzene ring substituents is 1. The van der Waals surface area contributed by atoms with Gasteiger partial charge < -0.3 is 0 Å². The van der Waals surface area contributed by atoms with Crippen LogP contribution in [0.3, 0.4) is 0 Å². The number of hydrogen-bond donors (Lipinski definition) is 0. The molecule has 0 aromatic heterocycles. The van der Waals surface area contributed by atoms with Gasteiger partial charge in [0.25, 0.3) is 5.69 Å². The fourth-order valence-electron chi connectivity index (χ4n) is 1.98. The summed E-state index contributed by atoms with van der Waals surface area (Å²) in [5.41, 5.74) is 1.58. The molecule has 5 heteroatoms. The Bertz CT molecular complexity index is 670. The highest BCUT2D eigenvalue weighted by Gasteiger charge is 2.11. The maximum Gasteiger partial charge on any atom is 0.272 e. The van der Waals surface area contributed by atoms with Crippen LogP contribution < -0.4 is 0 Å². The number of thioether (sulfide) groups is 1. The number of para-hydroxylation sites is 1. The van der Waals surface area contributed by atoms with E-state index in [0.29, 0.717) is 12.0 Å². The molecule has 0 saturated heterocycles. The van der Waals surface area contributed by atoms with Crippen LogP contribution in [0.4, 0.5) is 5.69 Å². The van der Waals surface area contributed by atoms with Crippen molar-refractivity contribution in [1.82, 2.24) is 0 Å². The number of hydrogen-bond acceptors (Lipinski definition) is 4. The van der Waals surface area contributed by atoms with Crippen LogP contribution >= 0.6 is 11.8 Å². The highest BCUT2D eigenvalue weighted by molar-refractivity contribution is 7.99. The lowest BCUT2D eigenvalue weighted by Gasteiger charge is -2.04. The number of Topliss-reactive ketones (excluding diaryl/α,β-unsaturated/α-hetero) is 1. The second-order valence-electron chi connectivity index (χ2n) is 4.57. The van der Waals surface area contributed by atoms with Gasteiger partial charge in [0, 0.05) is 27.8 Å². The van der Waals surface area contributed by atoms with Crippen molar-refractivity contribution in [2.45, 2.75) is 18.2 Å². The fraction of sp³-hybridized carbons (Fsp3) is 0.188. The Morgan fingerprint density at radius 2 is 1.95 bits per heavy atom. The largest absolute Gasteiger partial charge is 0.295 e. The smallest absolute Gasteiger partial charge is 0.272 e. The van der Waals surface area contributed by atoms with Crippen molar-refractivity contribution in [3.8, 4) is 0 Å². The molecule has 2 aromatic carbocycles. The molecular weight excluding hydrogens is 286 g/mol. The lowest BCUT2D eigenvalue weighted by molar-refractivity contribution is -0.385. The summed E-state index contributed by atoms with van der Waals surface area (Å²) < 4.78 is 0. The fourth-order valence-corrected chi connectivity index (χ4v) is 2.93. The molecule has 0 spiro atoms. The molecule has 108 valence electrons. The number of carbonyl (C=O) groups is 1. The van der Waals surface area contributed by atoms with E-state index in [9.17, 15) is 14.9 Å². The van der Waals surface area contributed by atoms with Crippen LogP contribution in [-0.2, 0) is 6.42 Å². The molecule has 0 aliphatic rings. The molecule has 4 nitrogen and oxygen atoms in total. The third kappa shape index (κ3) is 4.16. The second kappa shape index (κ2) is 7.04. The number of aryl methyl sites for hydroxylation is 1. The van der Waals surface area contributed by atoms with Gasteiger partial charge in [0.2, 0.25) is 0 Å². The van der Waals surface area contributed by atoms with Gasteiger partial charge in [0.15, 0.2) is 5.78 Å². The van der Waals surface area contributed by atoms with Crippen molar-refractivity contribution in [1.29, 1.82) is 0 Å². The molecule has 2 aromatic rings. The van der Waals surface area contributed by atoms with Crippen LogP contribution in [0.1, 0.15) is 22.8 Å². The second-order valence-corrected chi connectivity index (χ2v) is 5.74. The summed E-state index contributed by atoms with van der Waals surface area (Å²) in [6.45, 7) is 1.54. The van der Waals surface area contributed by atoms with E-state index >= 15 is 0 Å². The maximum atomic E-state index is 11.3. The van der Waals surface area contributed by atoms with Gasteiger partial charge >= 0.3 is 0 Å². The van der Waals surface area contributed by atoms with Crippen LogP contribution in [0.2, 0.25) is 0 Å². The third-order valence-electron chi connectivity index (χ3n) is 3.07. The lowest BCUT2D eigenvalue weighted by Crippen LogP contribution is -1.97. The third-order valence-corrected chi connectivity index (χ3v) is 4.06.